The van der Waals surface area contributed by atoms with Crippen LogP contribution in [0.4, 0.5) is 22.0 Å². The third-order valence-corrected chi connectivity index (χ3v) is 5.02. The van der Waals surface area contributed by atoms with Crippen LogP contribution in [0.3, 0.4) is 0 Å². The predicted octanol–water partition coefficient (Wildman–Crippen LogP) is 2.88. The SMILES string of the molecule is CCO[Si](OC)(OC)C(F)(F)Oc1ccc(F)c(F)c1F. The molecule has 0 radical (unpaired) electrons. The normalized spacial score (nSPS) is 12.6. The number of halogens is 5. The maximum atomic E-state index is 14.1. The standard InChI is InChI=1S/C11H13F5O4Si/c1-4-19-21(17-2,18-3)11(15,16)20-8-6-5-7(12)9(13)10(8)14/h5-6H,4H2,1-3H3. The van der Waals surface area contributed by atoms with Crippen molar-refractivity contribution in [2.45, 2.75) is 12.7 Å². The van der Waals surface area contributed by atoms with Gasteiger partial charge in [-0.2, -0.15) is 13.2 Å². The molecular formula is C11H13F5O4Si. The molecule has 0 atom stereocenters. The second-order valence-corrected chi connectivity index (χ2v) is 6.49. The summed E-state index contributed by atoms with van der Waals surface area (Å²) >= 11 is 0. The van der Waals surface area contributed by atoms with Gasteiger partial charge in [0.25, 0.3) is 0 Å². The minimum atomic E-state index is -4.65. The Kier molecular flexibility index (Phi) is 5.67. The van der Waals surface area contributed by atoms with Crippen molar-refractivity contribution in [2.24, 2.45) is 0 Å². The van der Waals surface area contributed by atoms with Crippen LogP contribution in [0.2, 0.25) is 0 Å². The van der Waals surface area contributed by atoms with E-state index in [2.05, 4.69) is 13.6 Å². The molecule has 0 saturated carbocycles. The monoisotopic (exact) mass is 332 g/mol. The Morgan fingerprint density at radius 3 is 2.10 bits per heavy atom. The van der Waals surface area contributed by atoms with Crippen molar-refractivity contribution >= 4 is 8.80 Å². The maximum absolute atomic E-state index is 14.1. The van der Waals surface area contributed by atoms with E-state index in [-0.39, 0.29) is 6.61 Å². The lowest BCUT2D eigenvalue weighted by Gasteiger charge is -2.31. The molecule has 120 valence electrons. The number of benzene rings is 1. The molecule has 1 aromatic carbocycles. The Balaban J connectivity index is 3.17. The van der Waals surface area contributed by atoms with Crippen LogP contribution in [0.1, 0.15) is 6.92 Å². The van der Waals surface area contributed by atoms with Gasteiger partial charge in [0, 0.05) is 20.8 Å². The molecule has 10 heteroatoms. The molecule has 1 rings (SSSR count). The van der Waals surface area contributed by atoms with Crippen LogP contribution in [0, 0.1) is 17.5 Å². The molecule has 0 heterocycles. The first-order valence-electron chi connectivity index (χ1n) is 5.69. The molecule has 0 aliphatic heterocycles. The zero-order valence-corrected chi connectivity index (χ0v) is 12.4. The fourth-order valence-corrected chi connectivity index (χ4v) is 3.16. The Labute approximate surface area is 118 Å². The minimum Gasteiger partial charge on any atom is -0.427 e. The molecule has 0 amide bonds. The first-order valence-corrected chi connectivity index (χ1v) is 7.41. The second-order valence-electron chi connectivity index (χ2n) is 3.69. The first-order chi connectivity index (χ1) is 9.74. The molecular weight excluding hydrogens is 319 g/mol. The highest BCUT2D eigenvalue weighted by atomic mass is 28.4. The number of hydrogen-bond donors (Lipinski definition) is 0. The first kappa shape index (κ1) is 17.8. The summed E-state index contributed by atoms with van der Waals surface area (Å²) in [4.78, 5) is 0. The van der Waals surface area contributed by atoms with Gasteiger partial charge in [-0.3, -0.25) is 0 Å². The van der Waals surface area contributed by atoms with Crippen molar-refractivity contribution in [2.75, 3.05) is 20.8 Å². The highest BCUT2D eigenvalue weighted by Gasteiger charge is 2.67. The quantitative estimate of drug-likeness (QED) is 0.437. The lowest BCUT2D eigenvalue weighted by atomic mass is 10.3. The van der Waals surface area contributed by atoms with Crippen molar-refractivity contribution in [3.8, 4) is 5.75 Å². The molecule has 0 unspecified atom stereocenters. The van der Waals surface area contributed by atoms with E-state index in [4.69, 9.17) is 4.43 Å². The molecule has 0 bridgehead atoms. The zero-order chi connectivity index (χ0) is 16.3. The molecule has 1 aromatic rings. The Bertz CT molecular complexity index is 496. The van der Waals surface area contributed by atoms with Gasteiger partial charge in [0.05, 0.1) is 0 Å². The summed E-state index contributed by atoms with van der Waals surface area (Å²) in [6.07, 6.45) is 0. The van der Waals surface area contributed by atoms with Crippen LogP contribution >= 0.6 is 0 Å². The van der Waals surface area contributed by atoms with Gasteiger partial charge in [-0.05, 0) is 19.1 Å². The van der Waals surface area contributed by atoms with Gasteiger partial charge in [0.1, 0.15) is 0 Å². The highest BCUT2D eigenvalue weighted by Crippen LogP contribution is 2.34. The molecule has 4 nitrogen and oxygen atoms in total. The lowest BCUT2D eigenvalue weighted by Crippen LogP contribution is -2.62. The van der Waals surface area contributed by atoms with Gasteiger partial charge in [-0.25, -0.2) is 8.78 Å². The molecule has 0 aliphatic rings. The van der Waals surface area contributed by atoms with Gasteiger partial charge in [-0.15, -0.1) is 0 Å². The molecule has 0 N–H and O–H groups in total. The van der Waals surface area contributed by atoms with Crippen molar-refractivity contribution < 1.29 is 40.0 Å². The van der Waals surface area contributed by atoms with Gasteiger partial charge >= 0.3 is 14.5 Å². The second kappa shape index (κ2) is 6.69. The van der Waals surface area contributed by atoms with E-state index in [0.717, 1.165) is 14.2 Å². The summed E-state index contributed by atoms with van der Waals surface area (Å²) in [5.41, 5.74) is -4.21. The van der Waals surface area contributed by atoms with E-state index in [1.807, 2.05) is 0 Å². The van der Waals surface area contributed by atoms with Crippen molar-refractivity contribution in [1.82, 2.24) is 0 Å². The van der Waals surface area contributed by atoms with Gasteiger partial charge < -0.3 is 18.0 Å². The van der Waals surface area contributed by atoms with Crippen LogP contribution in [-0.4, -0.2) is 35.4 Å². The van der Waals surface area contributed by atoms with E-state index < -0.39 is 37.7 Å². The maximum Gasteiger partial charge on any atom is 0.627 e. The van der Waals surface area contributed by atoms with Crippen LogP contribution in [0.5, 0.6) is 5.75 Å². The average molecular weight is 332 g/mol. The van der Waals surface area contributed by atoms with Crippen LogP contribution < -0.4 is 4.74 Å². The average Bonchev–Trinajstić information content (AvgIpc) is 2.45. The summed E-state index contributed by atoms with van der Waals surface area (Å²) in [5, 5.41) is 0. The smallest absolute Gasteiger partial charge is 0.427 e. The Hall–Kier alpha value is -1.23. The number of rotatable bonds is 7. The number of alkyl halides is 2. The third-order valence-electron chi connectivity index (χ3n) is 2.47. The Morgan fingerprint density at radius 2 is 1.62 bits per heavy atom. The summed E-state index contributed by atoms with van der Waals surface area (Å²) in [6, 6.07) is 0.978. The third kappa shape index (κ3) is 3.34. The predicted molar refractivity (Wildman–Crippen MR) is 63.3 cm³/mol. The highest BCUT2D eigenvalue weighted by molar-refractivity contribution is 6.62. The molecule has 0 aromatic heterocycles. The summed E-state index contributed by atoms with van der Waals surface area (Å²) in [6.45, 7) is 1.22. The van der Waals surface area contributed by atoms with E-state index in [0.29, 0.717) is 12.1 Å². The zero-order valence-electron chi connectivity index (χ0n) is 11.4. The topological polar surface area (TPSA) is 36.9 Å². The minimum absolute atomic E-state index is 0.187. The van der Waals surface area contributed by atoms with Crippen molar-refractivity contribution in [1.29, 1.82) is 0 Å². The molecule has 0 aliphatic carbocycles. The number of ether oxygens (including phenoxy) is 1. The van der Waals surface area contributed by atoms with Gasteiger partial charge in [0.15, 0.2) is 17.4 Å². The van der Waals surface area contributed by atoms with Gasteiger partial charge in [-0.1, -0.05) is 0 Å². The van der Waals surface area contributed by atoms with Crippen LogP contribution in [0.25, 0.3) is 0 Å². The van der Waals surface area contributed by atoms with E-state index in [9.17, 15) is 22.0 Å². The Morgan fingerprint density at radius 1 is 1.05 bits per heavy atom. The van der Waals surface area contributed by atoms with E-state index in [1.165, 1.54) is 6.92 Å². The summed E-state index contributed by atoms with van der Waals surface area (Å²) in [7, 11) is -2.83. The molecule has 0 saturated heterocycles. The fourth-order valence-electron chi connectivity index (χ4n) is 1.50. The lowest BCUT2D eigenvalue weighted by molar-refractivity contribution is -0.166. The summed E-state index contributed by atoms with van der Waals surface area (Å²) in [5.74, 6) is -6.54. The van der Waals surface area contributed by atoms with E-state index in [1.54, 1.807) is 0 Å². The molecule has 0 spiro atoms. The van der Waals surface area contributed by atoms with Crippen LogP contribution in [-0.2, 0) is 13.3 Å². The molecule has 0 fully saturated rings. The largest absolute Gasteiger partial charge is 0.627 e. The van der Waals surface area contributed by atoms with Crippen molar-refractivity contribution in [3.63, 3.8) is 0 Å². The van der Waals surface area contributed by atoms with Crippen molar-refractivity contribution in [3.05, 3.63) is 29.6 Å². The van der Waals surface area contributed by atoms with E-state index >= 15 is 0 Å². The van der Waals surface area contributed by atoms with Crippen LogP contribution in [0.15, 0.2) is 12.1 Å². The fraction of sp³-hybridized carbons (Fsp3) is 0.455. The summed E-state index contributed by atoms with van der Waals surface area (Å²) < 4.78 is 85.5. The number of hydrogen-bond acceptors (Lipinski definition) is 4. The molecule has 21 heavy (non-hydrogen) atoms. The van der Waals surface area contributed by atoms with Gasteiger partial charge in [0.2, 0.25) is 5.82 Å².